The highest BCUT2D eigenvalue weighted by Gasteiger charge is 2.33. The molecular formula is C43H43N9O2. The second kappa shape index (κ2) is 14.4. The van der Waals surface area contributed by atoms with Crippen LogP contribution in [-0.4, -0.2) is 54.8 Å². The van der Waals surface area contributed by atoms with Crippen LogP contribution in [0.4, 0.5) is 5.82 Å². The molecule has 6 aromatic rings. The van der Waals surface area contributed by atoms with E-state index in [2.05, 4.69) is 87.3 Å². The molecule has 272 valence electrons. The number of carbonyl (C=O) groups excluding carboxylic acids is 2. The Bertz CT molecular complexity index is 2470. The number of nitrogens with one attached hydrogen (secondary N) is 2. The molecule has 2 aliphatic rings. The van der Waals surface area contributed by atoms with Crippen LogP contribution in [0.5, 0.6) is 0 Å². The number of piperidine rings is 2. The summed E-state index contributed by atoms with van der Waals surface area (Å²) in [5.41, 5.74) is 9.77. The number of likely N-dealkylation sites (tertiary alicyclic amines) is 1. The van der Waals surface area contributed by atoms with E-state index in [0.29, 0.717) is 30.1 Å². The topological polar surface area (TPSA) is 142 Å². The van der Waals surface area contributed by atoms with Crippen molar-refractivity contribution in [2.45, 2.75) is 70.9 Å². The first-order chi connectivity index (χ1) is 26.2. The van der Waals surface area contributed by atoms with Gasteiger partial charge >= 0.3 is 0 Å². The number of aromatic nitrogens is 5. The largest absolute Gasteiger partial charge is 0.362 e. The lowest BCUT2D eigenvalue weighted by atomic mass is 9.86. The fourth-order valence-electron chi connectivity index (χ4n) is 8.39. The Balaban J connectivity index is 0.979. The summed E-state index contributed by atoms with van der Waals surface area (Å²) >= 11 is 0. The molecule has 2 saturated heterocycles. The van der Waals surface area contributed by atoms with Crippen molar-refractivity contribution in [1.82, 2.24) is 35.2 Å². The number of nitriles is 1. The summed E-state index contributed by atoms with van der Waals surface area (Å²) in [6.07, 6.45) is 4.77. The van der Waals surface area contributed by atoms with E-state index in [9.17, 15) is 14.9 Å². The summed E-state index contributed by atoms with van der Waals surface area (Å²) in [7, 11) is 1.96. The Kier molecular flexibility index (Phi) is 9.38. The van der Waals surface area contributed by atoms with Crippen molar-refractivity contribution >= 4 is 39.3 Å². The van der Waals surface area contributed by atoms with Crippen LogP contribution in [0.15, 0.2) is 72.9 Å². The van der Waals surface area contributed by atoms with E-state index in [4.69, 9.17) is 10.1 Å². The molecule has 2 unspecified atom stereocenters. The van der Waals surface area contributed by atoms with Crippen LogP contribution < -0.4 is 10.6 Å². The number of hydrogen-bond donors (Lipinski definition) is 2. The Hall–Kier alpha value is -5.99. The predicted octanol–water partition coefficient (Wildman–Crippen LogP) is 7.14. The van der Waals surface area contributed by atoms with Crippen molar-refractivity contribution in [3.8, 4) is 17.3 Å². The van der Waals surface area contributed by atoms with E-state index in [1.807, 2.05) is 50.0 Å². The third-order valence-corrected chi connectivity index (χ3v) is 11.3. The van der Waals surface area contributed by atoms with Gasteiger partial charge in [-0.25, -0.2) is 0 Å². The number of imide groups is 1. The molecule has 0 aliphatic carbocycles. The Morgan fingerprint density at radius 2 is 1.76 bits per heavy atom. The first-order valence-corrected chi connectivity index (χ1v) is 18.7. The molecule has 3 aromatic heterocycles. The SMILES string of the molecule is Cc1c(C#N)cccc1C(C)Nc1nnc(C)c2cnc(-c3cccc(CN4CCC(c5cccc6c(C7CCC(=O)NC7=O)nn(C)c56)CC4)c3)cc12. The third kappa shape index (κ3) is 6.58. The molecule has 54 heavy (non-hydrogen) atoms. The number of benzene rings is 3. The fraction of sp³-hybridized carbons (Fsp3) is 0.326. The Morgan fingerprint density at radius 1 is 0.963 bits per heavy atom. The van der Waals surface area contributed by atoms with E-state index in [-0.39, 0.29) is 17.9 Å². The molecule has 2 atom stereocenters. The summed E-state index contributed by atoms with van der Waals surface area (Å²) in [5, 5.41) is 32.3. The van der Waals surface area contributed by atoms with Crippen LogP contribution in [0.3, 0.4) is 0 Å². The predicted molar refractivity (Wildman–Crippen MR) is 209 cm³/mol. The Morgan fingerprint density at radius 3 is 2.56 bits per heavy atom. The van der Waals surface area contributed by atoms with Gasteiger partial charge < -0.3 is 5.32 Å². The lowest BCUT2D eigenvalue weighted by Crippen LogP contribution is -2.39. The van der Waals surface area contributed by atoms with Crippen molar-refractivity contribution in [2.75, 3.05) is 18.4 Å². The van der Waals surface area contributed by atoms with Crippen LogP contribution in [0.1, 0.15) is 89.7 Å². The lowest BCUT2D eigenvalue weighted by molar-refractivity contribution is -0.134. The molecule has 11 heteroatoms. The quantitative estimate of drug-likeness (QED) is 0.157. The normalized spacial score (nSPS) is 17.4. The highest BCUT2D eigenvalue weighted by Crippen LogP contribution is 2.38. The maximum Gasteiger partial charge on any atom is 0.235 e. The van der Waals surface area contributed by atoms with Gasteiger partial charge in [0.15, 0.2) is 5.82 Å². The minimum atomic E-state index is -0.409. The lowest BCUT2D eigenvalue weighted by Gasteiger charge is -2.32. The van der Waals surface area contributed by atoms with Crippen molar-refractivity contribution in [3.63, 3.8) is 0 Å². The maximum atomic E-state index is 12.7. The molecule has 8 rings (SSSR count). The van der Waals surface area contributed by atoms with Crippen LogP contribution in [0.2, 0.25) is 0 Å². The molecule has 2 amide bonds. The summed E-state index contributed by atoms with van der Waals surface area (Å²) in [6.45, 7) is 8.79. The molecular weight excluding hydrogens is 675 g/mol. The van der Waals surface area contributed by atoms with Crippen LogP contribution in [0.25, 0.3) is 32.9 Å². The smallest absolute Gasteiger partial charge is 0.235 e. The molecule has 11 nitrogen and oxygen atoms in total. The van der Waals surface area contributed by atoms with Crippen molar-refractivity contribution in [3.05, 3.63) is 112 Å². The van der Waals surface area contributed by atoms with Crippen LogP contribution >= 0.6 is 0 Å². The van der Waals surface area contributed by atoms with Crippen molar-refractivity contribution in [1.29, 1.82) is 5.26 Å². The Labute approximate surface area is 314 Å². The van der Waals surface area contributed by atoms with E-state index < -0.39 is 5.92 Å². The maximum absolute atomic E-state index is 12.7. The van der Waals surface area contributed by atoms with Gasteiger partial charge in [0.05, 0.1) is 46.2 Å². The minimum absolute atomic E-state index is 0.0880. The van der Waals surface area contributed by atoms with Gasteiger partial charge in [-0.3, -0.25) is 29.5 Å². The second-order valence-electron chi connectivity index (χ2n) is 14.8. The number of hydrogen-bond acceptors (Lipinski definition) is 9. The molecule has 2 N–H and O–H groups in total. The summed E-state index contributed by atoms with van der Waals surface area (Å²) < 4.78 is 1.92. The van der Waals surface area contributed by atoms with Gasteiger partial charge in [0.1, 0.15) is 0 Å². The molecule has 3 aromatic carbocycles. The number of anilines is 1. The van der Waals surface area contributed by atoms with Crippen LogP contribution in [-0.2, 0) is 23.2 Å². The standard InChI is InChI=1S/C43H43N9O2/c1-25-31(22-44)10-6-11-32(25)26(2)46-42-36-21-38(45-23-37(36)27(3)48-49-42)30-9-5-8-28(20-30)24-52-18-16-29(17-19-52)33-12-7-13-34-40(50-51(4)41(33)34)35-14-15-39(53)47-43(35)54/h5-13,20-21,23,26,29,35H,14-19,24H2,1-4H3,(H,46,49)(H,47,53,54). The van der Waals surface area contributed by atoms with Gasteiger partial charge in [0, 0.05) is 47.9 Å². The molecule has 0 saturated carbocycles. The number of fused-ring (bicyclic) bond motifs is 2. The van der Waals surface area contributed by atoms with Crippen molar-refractivity contribution < 1.29 is 9.59 Å². The fourth-order valence-corrected chi connectivity index (χ4v) is 8.39. The van der Waals surface area contributed by atoms with Crippen LogP contribution in [0, 0.1) is 25.2 Å². The van der Waals surface area contributed by atoms with Gasteiger partial charge in [0.2, 0.25) is 11.8 Å². The van der Waals surface area contributed by atoms with E-state index in [1.165, 1.54) is 11.1 Å². The summed E-state index contributed by atoms with van der Waals surface area (Å²) in [5.74, 6) is 0.195. The summed E-state index contributed by atoms with van der Waals surface area (Å²) in [4.78, 5) is 31.9. The first kappa shape index (κ1) is 35.1. The zero-order valence-corrected chi connectivity index (χ0v) is 31.1. The number of rotatable bonds is 8. The summed E-state index contributed by atoms with van der Waals surface area (Å²) in [6, 6.07) is 25.1. The van der Waals surface area contributed by atoms with Gasteiger partial charge in [-0.15, -0.1) is 5.10 Å². The zero-order chi connectivity index (χ0) is 37.5. The van der Waals surface area contributed by atoms with Gasteiger partial charge in [-0.1, -0.05) is 48.5 Å². The molecule has 2 aliphatic heterocycles. The van der Waals surface area contributed by atoms with Gasteiger partial charge in [0.25, 0.3) is 0 Å². The average molecular weight is 718 g/mol. The highest BCUT2D eigenvalue weighted by atomic mass is 16.2. The molecule has 5 heterocycles. The minimum Gasteiger partial charge on any atom is -0.362 e. The van der Waals surface area contributed by atoms with Crippen molar-refractivity contribution in [2.24, 2.45) is 7.05 Å². The van der Waals surface area contributed by atoms with E-state index in [1.54, 1.807) is 0 Å². The van der Waals surface area contributed by atoms with E-state index >= 15 is 0 Å². The number of carbonyl (C=O) groups is 2. The third-order valence-electron chi connectivity index (χ3n) is 11.3. The molecule has 2 fully saturated rings. The molecule has 0 bridgehead atoms. The number of aryl methyl sites for hydroxylation is 2. The number of nitrogens with zero attached hydrogens (tertiary/aromatic N) is 7. The molecule has 0 spiro atoms. The van der Waals surface area contributed by atoms with Gasteiger partial charge in [-0.05, 0) is 99.5 Å². The average Bonchev–Trinajstić information content (AvgIpc) is 3.52. The van der Waals surface area contributed by atoms with Gasteiger partial charge in [-0.2, -0.15) is 15.5 Å². The monoisotopic (exact) mass is 717 g/mol. The second-order valence-corrected chi connectivity index (χ2v) is 14.8. The highest BCUT2D eigenvalue weighted by molar-refractivity contribution is 6.02. The number of amides is 2. The number of para-hydroxylation sites is 1. The zero-order valence-electron chi connectivity index (χ0n) is 31.1. The number of pyridine rings is 1. The molecule has 0 radical (unpaired) electrons. The first-order valence-electron chi connectivity index (χ1n) is 18.7. The van der Waals surface area contributed by atoms with E-state index in [0.717, 1.165) is 87.9 Å².